The number of hydrogen-bond donors (Lipinski definition) is 4. The van der Waals surface area contributed by atoms with Gasteiger partial charge in [0.25, 0.3) is 6.43 Å². The first kappa shape index (κ1) is 23.0. The first-order valence-corrected chi connectivity index (χ1v) is 12.6. The molecule has 7 nitrogen and oxygen atoms in total. The number of pyridine rings is 1. The van der Waals surface area contributed by atoms with E-state index in [1.807, 2.05) is 6.07 Å². The second kappa shape index (κ2) is 8.47. The van der Waals surface area contributed by atoms with Crippen LogP contribution in [-0.2, 0) is 0 Å². The Hall–Kier alpha value is -1.76. The van der Waals surface area contributed by atoms with Crippen LogP contribution in [0.2, 0.25) is 0 Å². The van der Waals surface area contributed by atoms with Crippen LogP contribution < -0.4 is 14.9 Å². The van der Waals surface area contributed by atoms with Crippen molar-refractivity contribution in [1.29, 1.82) is 10.8 Å². The summed E-state index contributed by atoms with van der Waals surface area (Å²) in [6, 6.07) is 2.23. The van der Waals surface area contributed by atoms with E-state index in [4.69, 9.17) is 10.8 Å². The molecule has 1 aliphatic heterocycles. The van der Waals surface area contributed by atoms with Crippen LogP contribution in [0.3, 0.4) is 0 Å². The van der Waals surface area contributed by atoms with Gasteiger partial charge >= 0.3 is 0 Å². The average molecular weight is 498 g/mol. The zero-order valence-corrected chi connectivity index (χ0v) is 19.8. The summed E-state index contributed by atoms with van der Waals surface area (Å²) in [6.45, 7) is 4.45. The largest absolute Gasteiger partial charge is 0.366 e. The molecule has 2 aromatic rings. The van der Waals surface area contributed by atoms with E-state index in [1.54, 1.807) is 16.8 Å². The Morgan fingerprint density at radius 1 is 1.30 bits per heavy atom. The Labute approximate surface area is 198 Å². The lowest BCUT2D eigenvalue weighted by Gasteiger charge is -2.34. The highest BCUT2D eigenvalue weighted by Crippen LogP contribution is 2.45. The number of halogens is 3. The van der Waals surface area contributed by atoms with Crippen LogP contribution in [0.25, 0.3) is 5.65 Å². The molecule has 3 aliphatic rings. The molecule has 0 bridgehead atoms. The second-order valence-corrected chi connectivity index (χ2v) is 11.0. The molecular formula is C21H26F3N7S2. The monoisotopic (exact) mass is 497 g/mol. The molecule has 0 radical (unpaired) electrons. The van der Waals surface area contributed by atoms with Crippen molar-refractivity contribution in [2.75, 3.05) is 24.5 Å². The Kier molecular flexibility index (Phi) is 5.91. The molecule has 4 N–H and O–H groups in total. The Bertz CT molecular complexity index is 1100. The number of aromatic nitrogens is 2. The van der Waals surface area contributed by atoms with Gasteiger partial charge in [0, 0.05) is 36.8 Å². The summed E-state index contributed by atoms with van der Waals surface area (Å²) in [5, 5.41) is 19.8. The maximum atomic E-state index is 14.3. The van der Waals surface area contributed by atoms with Gasteiger partial charge in [0.15, 0.2) is 11.3 Å². The number of anilines is 1. The van der Waals surface area contributed by atoms with E-state index in [2.05, 4.69) is 26.8 Å². The SMILES string of the molecule is CC1CN(c2cc(SNC3(C(F)F)CC3)cn3c(C(=N)SC(=N)C4(F)CC4)cnc23)CCN1. The van der Waals surface area contributed by atoms with Crippen LogP contribution >= 0.6 is 23.7 Å². The maximum Gasteiger partial charge on any atom is 0.257 e. The van der Waals surface area contributed by atoms with Gasteiger partial charge in [-0.15, -0.1) is 0 Å². The number of piperazine rings is 1. The van der Waals surface area contributed by atoms with Gasteiger partial charge in [0.2, 0.25) is 0 Å². The van der Waals surface area contributed by atoms with Crippen molar-refractivity contribution in [1.82, 2.24) is 19.4 Å². The molecule has 3 heterocycles. The minimum atomic E-state index is -2.43. The summed E-state index contributed by atoms with van der Waals surface area (Å²) >= 11 is 1.97. The van der Waals surface area contributed by atoms with E-state index in [1.165, 1.54) is 0 Å². The number of imidazole rings is 1. The summed E-state index contributed by atoms with van der Waals surface area (Å²) in [6.07, 6.45) is 2.42. The second-order valence-electron chi connectivity index (χ2n) is 9.09. The molecule has 2 saturated carbocycles. The highest BCUT2D eigenvalue weighted by Gasteiger charge is 2.51. The minimum absolute atomic E-state index is 0.0393. The lowest BCUT2D eigenvalue weighted by molar-refractivity contribution is 0.0985. The number of thioether (sulfide) groups is 1. The van der Waals surface area contributed by atoms with Gasteiger partial charge in [0.05, 0.1) is 23.1 Å². The molecule has 1 atom stereocenters. The number of nitrogens with one attached hydrogen (secondary N) is 4. The predicted octanol–water partition coefficient (Wildman–Crippen LogP) is 4.06. The number of rotatable bonds is 7. The molecule has 5 rings (SSSR count). The van der Waals surface area contributed by atoms with Gasteiger partial charge < -0.3 is 10.2 Å². The predicted molar refractivity (Wildman–Crippen MR) is 127 cm³/mol. The van der Waals surface area contributed by atoms with Gasteiger partial charge in [-0.1, -0.05) is 11.8 Å². The van der Waals surface area contributed by atoms with Crippen molar-refractivity contribution in [3.63, 3.8) is 0 Å². The molecule has 0 spiro atoms. The van der Waals surface area contributed by atoms with E-state index in [0.29, 0.717) is 37.0 Å². The fraction of sp³-hybridized carbons (Fsp3) is 0.571. The highest BCUT2D eigenvalue weighted by atomic mass is 32.2. The van der Waals surface area contributed by atoms with E-state index in [9.17, 15) is 13.2 Å². The third-order valence-electron chi connectivity index (χ3n) is 6.38. The van der Waals surface area contributed by atoms with Crippen molar-refractivity contribution in [3.05, 3.63) is 24.2 Å². The van der Waals surface area contributed by atoms with Gasteiger partial charge in [-0.05, 0) is 50.6 Å². The van der Waals surface area contributed by atoms with Crippen LogP contribution in [0.4, 0.5) is 18.9 Å². The smallest absolute Gasteiger partial charge is 0.257 e. The van der Waals surface area contributed by atoms with Crippen molar-refractivity contribution in [2.45, 2.75) is 61.2 Å². The first-order valence-electron chi connectivity index (χ1n) is 11.0. The third-order valence-corrected chi connectivity index (χ3v) is 8.33. The Morgan fingerprint density at radius 2 is 2.06 bits per heavy atom. The Balaban J connectivity index is 1.48. The minimum Gasteiger partial charge on any atom is -0.366 e. The van der Waals surface area contributed by atoms with Gasteiger partial charge in [0.1, 0.15) is 10.1 Å². The van der Waals surface area contributed by atoms with E-state index in [-0.39, 0.29) is 16.1 Å². The lowest BCUT2D eigenvalue weighted by atomic mass is 10.2. The van der Waals surface area contributed by atoms with Crippen LogP contribution in [-0.4, -0.2) is 62.8 Å². The highest BCUT2D eigenvalue weighted by molar-refractivity contribution is 8.27. The normalized spacial score (nSPS) is 23.2. The molecule has 2 aliphatic carbocycles. The molecular weight excluding hydrogens is 471 g/mol. The number of hydrogen-bond acceptors (Lipinski definition) is 8. The molecule has 2 aromatic heterocycles. The standard InChI is InChI=1S/C21H26F3N7S2/c1-12-10-30(7-6-27-12)14-8-13(33-29-21(4-5-21)18(22)23)11-31-15(9-28-17(14)31)16(25)32-19(26)20(24)2-3-20/h8-9,11-12,18,25-27,29H,2-7,10H2,1H3. The molecule has 0 aromatic carbocycles. The average Bonchev–Trinajstić information content (AvgIpc) is 3.69. The summed E-state index contributed by atoms with van der Waals surface area (Å²) in [5.74, 6) is 0. The summed E-state index contributed by atoms with van der Waals surface area (Å²) < 4.78 is 45.8. The fourth-order valence-corrected chi connectivity index (χ4v) is 5.68. The number of fused-ring (bicyclic) bond motifs is 1. The topological polar surface area (TPSA) is 92.3 Å². The number of nitrogens with zero attached hydrogens (tertiary/aromatic N) is 3. The van der Waals surface area contributed by atoms with Crippen LogP contribution in [0.1, 0.15) is 38.3 Å². The molecule has 1 saturated heterocycles. The quantitative estimate of drug-likeness (QED) is 0.262. The molecule has 178 valence electrons. The molecule has 3 fully saturated rings. The van der Waals surface area contributed by atoms with Gasteiger partial charge in [-0.2, -0.15) is 0 Å². The third kappa shape index (κ3) is 4.50. The zero-order valence-electron chi connectivity index (χ0n) is 18.1. The van der Waals surface area contributed by atoms with Crippen LogP contribution in [0.15, 0.2) is 23.4 Å². The van der Waals surface area contributed by atoms with Crippen molar-refractivity contribution < 1.29 is 13.2 Å². The van der Waals surface area contributed by atoms with E-state index < -0.39 is 17.6 Å². The number of alkyl halides is 3. The van der Waals surface area contributed by atoms with Crippen molar-refractivity contribution in [2.24, 2.45) is 0 Å². The van der Waals surface area contributed by atoms with E-state index in [0.717, 1.165) is 53.9 Å². The first-order chi connectivity index (χ1) is 15.7. The molecule has 12 heteroatoms. The van der Waals surface area contributed by atoms with Crippen LogP contribution in [0.5, 0.6) is 0 Å². The summed E-state index contributed by atoms with van der Waals surface area (Å²) in [4.78, 5) is 7.48. The summed E-state index contributed by atoms with van der Waals surface area (Å²) in [7, 11) is 0. The lowest BCUT2D eigenvalue weighted by Crippen LogP contribution is -2.49. The zero-order chi connectivity index (χ0) is 23.4. The van der Waals surface area contributed by atoms with E-state index >= 15 is 0 Å². The fourth-order valence-electron chi connectivity index (χ4n) is 3.90. The van der Waals surface area contributed by atoms with Crippen LogP contribution in [0, 0.1) is 10.8 Å². The summed E-state index contributed by atoms with van der Waals surface area (Å²) in [5.41, 5.74) is -0.778. The van der Waals surface area contributed by atoms with Crippen molar-refractivity contribution >= 4 is 45.1 Å². The van der Waals surface area contributed by atoms with Gasteiger partial charge in [-0.3, -0.25) is 15.2 Å². The van der Waals surface area contributed by atoms with Crippen molar-refractivity contribution in [3.8, 4) is 0 Å². The maximum absolute atomic E-state index is 14.3. The Morgan fingerprint density at radius 3 is 2.70 bits per heavy atom. The molecule has 33 heavy (non-hydrogen) atoms. The molecule has 0 amide bonds. The van der Waals surface area contributed by atoms with Gasteiger partial charge in [-0.25, -0.2) is 22.9 Å². The molecule has 1 unspecified atom stereocenters.